The summed E-state index contributed by atoms with van der Waals surface area (Å²) in [5.41, 5.74) is 5.86. The summed E-state index contributed by atoms with van der Waals surface area (Å²) in [6, 6.07) is 5.42. The smallest absolute Gasteiger partial charge is 0.298 e. The van der Waals surface area contributed by atoms with Crippen LogP contribution in [0.3, 0.4) is 0 Å². The van der Waals surface area contributed by atoms with Gasteiger partial charge in [0, 0.05) is 11.1 Å². The highest BCUT2D eigenvalue weighted by atomic mass is 32.2. The van der Waals surface area contributed by atoms with Gasteiger partial charge in [0.2, 0.25) is 0 Å². The molecule has 17 heavy (non-hydrogen) atoms. The maximum Gasteiger partial charge on any atom is 0.298 e. The normalized spacial score (nSPS) is 11.8. The van der Waals surface area contributed by atoms with E-state index in [0.29, 0.717) is 11.1 Å². The number of anilines is 1. The number of phenolic OH excluding ortho intramolecular Hbond substituents is 2. The second-order valence-corrected chi connectivity index (χ2v) is 4.92. The Hall–Kier alpha value is -1.99. The molecule has 0 bridgehead atoms. The molecule has 0 aliphatic carbocycles. The molecule has 6 nitrogen and oxygen atoms in total. The molecule has 7 heteroatoms. The van der Waals surface area contributed by atoms with Gasteiger partial charge in [0.15, 0.2) is 11.5 Å². The average molecular weight is 255 g/mol. The van der Waals surface area contributed by atoms with Crippen molar-refractivity contribution in [1.29, 1.82) is 0 Å². The standard InChI is InChI=1S/C10H9NO5S/c11-6-2-1-5-3-8(17(14,15)16)10(13)9(12)7(5)4-6/h1-4,12-13H,11H2,(H,14,15,16). The van der Waals surface area contributed by atoms with Crippen molar-refractivity contribution in [3.05, 3.63) is 24.3 Å². The second-order valence-electron chi connectivity index (χ2n) is 3.53. The van der Waals surface area contributed by atoms with Crippen molar-refractivity contribution in [2.24, 2.45) is 0 Å². The third-order valence-corrected chi connectivity index (χ3v) is 3.22. The molecular formula is C10H9NO5S. The van der Waals surface area contributed by atoms with Crippen LogP contribution in [-0.4, -0.2) is 23.2 Å². The summed E-state index contributed by atoms with van der Waals surface area (Å²) in [5.74, 6) is -1.53. The van der Waals surface area contributed by atoms with Crippen LogP contribution in [0, 0.1) is 0 Å². The lowest BCUT2D eigenvalue weighted by molar-refractivity contribution is 0.393. The highest BCUT2D eigenvalue weighted by molar-refractivity contribution is 7.86. The fraction of sp³-hybridized carbons (Fsp3) is 0. The Morgan fingerprint density at radius 1 is 1.06 bits per heavy atom. The summed E-state index contributed by atoms with van der Waals surface area (Å²) < 4.78 is 30.8. The van der Waals surface area contributed by atoms with Crippen LogP contribution in [0.4, 0.5) is 5.69 Å². The molecule has 0 spiro atoms. The van der Waals surface area contributed by atoms with E-state index in [0.717, 1.165) is 6.07 Å². The summed E-state index contributed by atoms with van der Waals surface area (Å²) in [6.07, 6.45) is 0. The molecule has 0 aromatic heterocycles. The minimum atomic E-state index is -4.60. The molecule has 0 fully saturated rings. The number of aromatic hydroxyl groups is 2. The van der Waals surface area contributed by atoms with Crippen LogP contribution < -0.4 is 5.73 Å². The molecule has 2 rings (SSSR count). The first-order valence-electron chi connectivity index (χ1n) is 4.52. The number of nitrogens with two attached hydrogens (primary N) is 1. The quantitative estimate of drug-likeness (QED) is 0.344. The summed E-state index contributed by atoms with van der Waals surface area (Å²) in [5, 5.41) is 19.7. The average Bonchev–Trinajstić information content (AvgIpc) is 2.22. The maximum absolute atomic E-state index is 11.0. The highest BCUT2D eigenvalue weighted by Crippen LogP contribution is 2.39. The molecule has 5 N–H and O–H groups in total. The Bertz CT molecular complexity index is 708. The Morgan fingerprint density at radius 3 is 2.29 bits per heavy atom. The zero-order chi connectivity index (χ0) is 12.8. The number of hydrogen-bond acceptors (Lipinski definition) is 5. The van der Waals surface area contributed by atoms with Crippen molar-refractivity contribution in [2.45, 2.75) is 4.90 Å². The third kappa shape index (κ3) is 1.85. The molecule has 0 atom stereocenters. The van der Waals surface area contributed by atoms with E-state index < -0.39 is 26.5 Å². The first-order chi connectivity index (χ1) is 7.80. The van der Waals surface area contributed by atoms with Crippen LogP contribution in [0.1, 0.15) is 0 Å². The Morgan fingerprint density at radius 2 is 1.71 bits per heavy atom. The second kappa shape index (κ2) is 3.51. The molecule has 0 aliphatic rings. The molecule has 2 aromatic carbocycles. The minimum absolute atomic E-state index is 0.204. The number of rotatable bonds is 1. The van der Waals surface area contributed by atoms with Crippen LogP contribution in [0.25, 0.3) is 10.8 Å². The zero-order valence-corrected chi connectivity index (χ0v) is 9.27. The van der Waals surface area contributed by atoms with Gasteiger partial charge in [-0.25, -0.2) is 0 Å². The first kappa shape index (κ1) is 11.5. The topological polar surface area (TPSA) is 121 Å². The van der Waals surface area contributed by atoms with Crippen LogP contribution in [0.2, 0.25) is 0 Å². The summed E-state index contributed by atoms with van der Waals surface area (Å²) in [4.78, 5) is -0.743. The van der Waals surface area contributed by atoms with Gasteiger partial charge in [-0.1, -0.05) is 6.07 Å². The number of nitrogen functional groups attached to an aromatic ring is 1. The molecule has 2 aromatic rings. The van der Waals surface area contributed by atoms with Crippen molar-refractivity contribution in [3.63, 3.8) is 0 Å². The fourth-order valence-corrected chi connectivity index (χ4v) is 2.17. The van der Waals surface area contributed by atoms with Gasteiger partial charge in [0.1, 0.15) is 4.90 Å². The van der Waals surface area contributed by atoms with Crippen molar-refractivity contribution in [3.8, 4) is 11.5 Å². The van der Waals surface area contributed by atoms with E-state index >= 15 is 0 Å². The number of hydrogen-bond donors (Lipinski definition) is 4. The lowest BCUT2D eigenvalue weighted by Crippen LogP contribution is -1.99. The van der Waals surface area contributed by atoms with Gasteiger partial charge >= 0.3 is 0 Å². The van der Waals surface area contributed by atoms with Crippen molar-refractivity contribution in [1.82, 2.24) is 0 Å². The van der Waals surface area contributed by atoms with Gasteiger partial charge < -0.3 is 15.9 Å². The highest BCUT2D eigenvalue weighted by Gasteiger charge is 2.20. The molecule has 0 unspecified atom stereocenters. The van der Waals surface area contributed by atoms with Crippen molar-refractivity contribution in [2.75, 3.05) is 5.73 Å². The first-order valence-corrected chi connectivity index (χ1v) is 5.96. The van der Waals surface area contributed by atoms with Gasteiger partial charge in [0.25, 0.3) is 10.1 Å². The van der Waals surface area contributed by atoms with E-state index in [1.54, 1.807) is 0 Å². The van der Waals surface area contributed by atoms with E-state index in [4.69, 9.17) is 10.3 Å². The fourth-order valence-electron chi connectivity index (χ4n) is 1.56. The van der Waals surface area contributed by atoms with Crippen LogP contribution in [0.5, 0.6) is 11.5 Å². The maximum atomic E-state index is 11.0. The molecule has 0 heterocycles. The summed E-state index contributed by atoms with van der Waals surface area (Å²) in [7, 11) is -4.60. The van der Waals surface area contributed by atoms with E-state index in [2.05, 4.69) is 0 Å². The van der Waals surface area contributed by atoms with Gasteiger partial charge in [-0.05, 0) is 23.6 Å². The summed E-state index contributed by atoms with van der Waals surface area (Å²) in [6.45, 7) is 0. The lowest BCUT2D eigenvalue weighted by atomic mass is 10.1. The predicted octanol–water partition coefficient (Wildman–Crippen LogP) is 1.08. The molecule has 0 saturated heterocycles. The monoisotopic (exact) mass is 255 g/mol. The van der Waals surface area contributed by atoms with E-state index in [1.165, 1.54) is 18.2 Å². The van der Waals surface area contributed by atoms with Crippen LogP contribution in [-0.2, 0) is 10.1 Å². The van der Waals surface area contributed by atoms with Gasteiger partial charge in [-0.2, -0.15) is 8.42 Å². The van der Waals surface area contributed by atoms with Crippen molar-refractivity contribution < 1.29 is 23.2 Å². The van der Waals surface area contributed by atoms with Gasteiger partial charge in [0.05, 0.1) is 0 Å². The lowest BCUT2D eigenvalue weighted by Gasteiger charge is -2.08. The molecule has 90 valence electrons. The van der Waals surface area contributed by atoms with Crippen LogP contribution in [0.15, 0.2) is 29.2 Å². The van der Waals surface area contributed by atoms with E-state index in [9.17, 15) is 18.6 Å². The van der Waals surface area contributed by atoms with Gasteiger partial charge in [-0.15, -0.1) is 0 Å². The van der Waals surface area contributed by atoms with Crippen molar-refractivity contribution >= 4 is 26.6 Å². The number of phenols is 2. The zero-order valence-electron chi connectivity index (χ0n) is 8.45. The summed E-state index contributed by atoms with van der Waals surface area (Å²) >= 11 is 0. The SMILES string of the molecule is Nc1ccc2cc(S(=O)(=O)O)c(O)c(O)c2c1. The Kier molecular flexibility index (Phi) is 2.37. The van der Waals surface area contributed by atoms with Crippen LogP contribution >= 0.6 is 0 Å². The van der Waals surface area contributed by atoms with E-state index in [-0.39, 0.29) is 5.39 Å². The molecule has 0 radical (unpaired) electrons. The third-order valence-electron chi connectivity index (χ3n) is 2.35. The molecule has 0 amide bonds. The number of benzene rings is 2. The molecular weight excluding hydrogens is 246 g/mol. The largest absolute Gasteiger partial charge is 0.504 e. The molecule has 0 aliphatic heterocycles. The predicted molar refractivity (Wildman–Crippen MR) is 61.5 cm³/mol. The molecule has 0 saturated carbocycles. The minimum Gasteiger partial charge on any atom is -0.504 e. The Labute approximate surface area is 96.7 Å². The van der Waals surface area contributed by atoms with E-state index in [1.807, 2.05) is 0 Å². The number of fused-ring (bicyclic) bond motifs is 1. The van der Waals surface area contributed by atoms with Gasteiger partial charge in [-0.3, -0.25) is 4.55 Å². The Balaban J connectivity index is 2.94.